The van der Waals surface area contributed by atoms with E-state index >= 15 is 0 Å². The molecule has 0 bridgehead atoms. The molecule has 1 aliphatic heterocycles. The first-order valence-electron chi connectivity index (χ1n) is 3.22. The van der Waals surface area contributed by atoms with E-state index in [9.17, 15) is 9.59 Å². The molecule has 1 fully saturated rings. The molecule has 0 saturated carbocycles. The molecule has 2 atom stereocenters. The van der Waals surface area contributed by atoms with Crippen LogP contribution >= 0.6 is 0 Å². The Morgan fingerprint density at radius 1 is 1.09 bits per heavy atom. The number of carboxylic acids is 2. The van der Waals surface area contributed by atoms with E-state index in [-0.39, 0.29) is 24.6 Å². The topological polar surface area (TPSA) is 74.6 Å². The maximum atomic E-state index is 10.4. The Morgan fingerprint density at radius 3 is 1.64 bits per heavy atom. The number of rotatable bonds is 2. The Bertz CT molecular complexity index is 171. The molecule has 0 aromatic rings. The Balaban J connectivity index is 2.47. The van der Waals surface area contributed by atoms with E-state index in [1.807, 2.05) is 0 Å². The zero-order valence-corrected chi connectivity index (χ0v) is 7.40. The Kier molecular flexibility index (Phi) is 2.52. The van der Waals surface area contributed by atoms with Crippen molar-refractivity contribution in [3.8, 4) is 0 Å². The summed E-state index contributed by atoms with van der Waals surface area (Å²) in [6, 6.07) is 0. The van der Waals surface area contributed by atoms with Crippen molar-refractivity contribution in [2.75, 3.05) is 0 Å². The van der Waals surface area contributed by atoms with Crippen LogP contribution in [0.25, 0.3) is 0 Å². The molecule has 0 amide bonds. The van der Waals surface area contributed by atoms with Gasteiger partial charge in [-0.2, -0.15) is 0 Å². The zero-order valence-electron chi connectivity index (χ0n) is 5.69. The van der Waals surface area contributed by atoms with Gasteiger partial charge in [0.15, 0.2) is 0 Å². The molecule has 1 heterocycles. The molecule has 0 radical (unpaired) electrons. The predicted octanol–water partition coefficient (Wildman–Crippen LogP) is 0.231. The third-order valence-electron chi connectivity index (χ3n) is 1.57. The van der Waals surface area contributed by atoms with Crippen LogP contribution in [0.5, 0.6) is 0 Å². The first-order valence-corrected chi connectivity index (χ1v) is 5.20. The fraction of sp³-hybridized carbons (Fsp3) is 0.667. The van der Waals surface area contributed by atoms with Gasteiger partial charge in [-0.3, -0.25) is 0 Å². The molecule has 4 nitrogen and oxygen atoms in total. The molecule has 1 aliphatic rings. The van der Waals surface area contributed by atoms with Crippen LogP contribution in [-0.2, 0) is 9.59 Å². The number of hydrogen-bond acceptors (Lipinski definition) is 2. The van der Waals surface area contributed by atoms with Gasteiger partial charge in [0.05, 0.1) is 0 Å². The average Bonchev–Trinajstić information content (AvgIpc) is 2.33. The minimum atomic E-state index is -0.839. The monoisotopic (exact) mass is 224 g/mol. The standard InChI is InChI=1S/C6H8O4Se/c7-5(8)3-1-2-4(11-3)6(9)10/h3-4H,1-2H2,(H,7,8)(H,9,10)/t3-,4+. The number of carboxylic acid groups (broad SMARTS) is 2. The Hall–Kier alpha value is -0.541. The molecular weight excluding hydrogens is 215 g/mol. The van der Waals surface area contributed by atoms with Gasteiger partial charge < -0.3 is 0 Å². The number of aliphatic carboxylic acids is 2. The second kappa shape index (κ2) is 3.24. The van der Waals surface area contributed by atoms with Gasteiger partial charge in [0, 0.05) is 0 Å². The Morgan fingerprint density at radius 2 is 1.45 bits per heavy atom. The second-order valence-corrected chi connectivity index (χ2v) is 5.33. The van der Waals surface area contributed by atoms with Crippen LogP contribution in [0.4, 0.5) is 0 Å². The summed E-state index contributed by atoms with van der Waals surface area (Å²) in [6.45, 7) is 0. The van der Waals surface area contributed by atoms with Crippen LogP contribution in [-0.4, -0.2) is 37.1 Å². The van der Waals surface area contributed by atoms with Crippen molar-refractivity contribution in [3.63, 3.8) is 0 Å². The summed E-state index contributed by atoms with van der Waals surface area (Å²) in [5, 5.41) is 17.1. The van der Waals surface area contributed by atoms with Gasteiger partial charge in [0.2, 0.25) is 0 Å². The fourth-order valence-corrected chi connectivity index (χ4v) is 3.46. The number of hydrogen-bond donors (Lipinski definition) is 2. The van der Waals surface area contributed by atoms with Crippen molar-refractivity contribution in [1.29, 1.82) is 0 Å². The summed E-state index contributed by atoms with van der Waals surface area (Å²) in [5.41, 5.74) is 0. The van der Waals surface area contributed by atoms with Crippen molar-refractivity contribution >= 4 is 26.9 Å². The van der Waals surface area contributed by atoms with E-state index in [2.05, 4.69) is 0 Å². The molecule has 62 valence electrons. The van der Waals surface area contributed by atoms with Crippen LogP contribution in [0.2, 0.25) is 9.63 Å². The average molecular weight is 223 g/mol. The van der Waals surface area contributed by atoms with Gasteiger partial charge in [0.1, 0.15) is 0 Å². The van der Waals surface area contributed by atoms with E-state index in [0.29, 0.717) is 12.8 Å². The molecule has 0 aromatic carbocycles. The van der Waals surface area contributed by atoms with Gasteiger partial charge in [-0.05, 0) is 0 Å². The van der Waals surface area contributed by atoms with Crippen molar-refractivity contribution in [1.82, 2.24) is 0 Å². The third-order valence-corrected chi connectivity index (χ3v) is 4.78. The van der Waals surface area contributed by atoms with Crippen LogP contribution in [0.1, 0.15) is 12.8 Å². The zero-order chi connectivity index (χ0) is 8.43. The quantitative estimate of drug-likeness (QED) is 0.657. The van der Waals surface area contributed by atoms with Gasteiger partial charge in [-0.15, -0.1) is 0 Å². The van der Waals surface area contributed by atoms with E-state index in [0.717, 1.165) is 0 Å². The van der Waals surface area contributed by atoms with E-state index in [1.54, 1.807) is 0 Å². The summed E-state index contributed by atoms with van der Waals surface area (Å²) in [7, 11) is 0. The second-order valence-electron chi connectivity index (χ2n) is 2.37. The van der Waals surface area contributed by atoms with Crippen molar-refractivity contribution in [2.24, 2.45) is 0 Å². The van der Waals surface area contributed by atoms with Crippen molar-refractivity contribution in [2.45, 2.75) is 22.5 Å². The van der Waals surface area contributed by atoms with E-state index in [1.165, 1.54) is 0 Å². The summed E-state index contributed by atoms with van der Waals surface area (Å²) >= 11 is -0.252. The maximum absolute atomic E-state index is 10.4. The summed E-state index contributed by atoms with van der Waals surface area (Å²) < 4.78 is 0. The fourth-order valence-electron chi connectivity index (χ4n) is 1.00. The Labute approximate surface area is 69.8 Å². The van der Waals surface area contributed by atoms with Crippen LogP contribution < -0.4 is 0 Å². The van der Waals surface area contributed by atoms with Gasteiger partial charge >= 0.3 is 69.2 Å². The van der Waals surface area contributed by atoms with Crippen LogP contribution in [0.3, 0.4) is 0 Å². The van der Waals surface area contributed by atoms with Crippen molar-refractivity contribution in [3.05, 3.63) is 0 Å². The van der Waals surface area contributed by atoms with E-state index in [4.69, 9.17) is 10.2 Å². The third kappa shape index (κ3) is 1.94. The SMILES string of the molecule is O=C(O)[C@@H]1CC[C@H](C(=O)O)[Se]1. The molecule has 0 unspecified atom stereocenters. The van der Waals surface area contributed by atoms with E-state index < -0.39 is 11.9 Å². The van der Waals surface area contributed by atoms with Gasteiger partial charge in [0.25, 0.3) is 0 Å². The molecule has 0 aromatic heterocycles. The molecule has 5 heteroatoms. The molecule has 1 saturated heterocycles. The summed E-state index contributed by atoms with van der Waals surface area (Å²) in [5.74, 6) is -1.68. The van der Waals surface area contributed by atoms with Gasteiger partial charge in [-0.25, -0.2) is 0 Å². The first kappa shape index (κ1) is 8.56. The molecule has 2 N–H and O–H groups in total. The molecule has 0 spiro atoms. The molecule has 1 rings (SSSR count). The van der Waals surface area contributed by atoms with Crippen molar-refractivity contribution < 1.29 is 19.8 Å². The molecular formula is C6H8O4Se. The predicted molar refractivity (Wildman–Crippen MR) is 37.8 cm³/mol. The molecule has 11 heavy (non-hydrogen) atoms. The summed E-state index contributed by atoms with van der Waals surface area (Å²) in [6.07, 6.45) is 1.07. The van der Waals surface area contributed by atoms with Crippen LogP contribution in [0.15, 0.2) is 0 Å². The summed E-state index contributed by atoms with van der Waals surface area (Å²) in [4.78, 5) is 20.0. The first-order chi connectivity index (χ1) is 5.11. The normalized spacial score (nSPS) is 30.2. The van der Waals surface area contributed by atoms with Crippen LogP contribution in [0, 0.1) is 0 Å². The minimum absolute atomic E-state index is 0.252. The van der Waals surface area contributed by atoms with Gasteiger partial charge in [-0.1, -0.05) is 0 Å². The number of carbonyl (C=O) groups is 2. The molecule has 0 aliphatic carbocycles.